The van der Waals surface area contributed by atoms with Crippen molar-refractivity contribution in [2.24, 2.45) is 0 Å². The van der Waals surface area contributed by atoms with Gasteiger partial charge in [0.2, 0.25) is 0 Å². The van der Waals surface area contributed by atoms with E-state index in [1.54, 1.807) is 16.8 Å². The molecule has 1 heterocycles. The first-order valence-corrected chi connectivity index (χ1v) is 11.7. The normalized spacial score (nSPS) is 10.9. The van der Waals surface area contributed by atoms with Crippen LogP contribution < -0.4 is 16.0 Å². The van der Waals surface area contributed by atoms with E-state index in [1.807, 2.05) is 66.7 Å². The van der Waals surface area contributed by atoms with Crippen molar-refractivity contribution in [2.45, 2.75) is 0 Å². The van der Waals surface area contributed by atoms with Crippen LogP contribution in [0.5, 0.6) is 0 Å². The maximum absolute atomic E-state index is 11.1. The summed E-state index contributed by atoms with van der Waals surface area (Å²) >= 11 is 0. The molecule has 0 spiro atoms. The molecule has 0 aliphatic carbocycles. The van der Waals surface area contributed by atoms with Crippen LogP contribution in [0, 0.1) is 10.1 Å². The number of non-ortho nitro benzene ring substituents is 1. The molecule has 0 aliphatic rings. The predicted octanol–water partition coefficient (Wildman–Crippen LogP) is 4.60. The molecule has 0 saturated carbocycles. The quantitative estimate of drug-likeness (QED) is 0.215. The molecule has 0 radical (unpaired) electrons. The van der Waals surface area contributed by atoms with Gasteiger partial charge in [0, 0.05) is 25.6 Å². The van der Waals surface area contributed by atoms with Crippen LogP contribution in [0.15, 0.2) is 115 Å². The van der Waals surface area contributed by atoms with Crippen molar-refractivity contribution in [1.29, 1.82) is 0 Å². The van der Waals surface area contributed by atoms with E-state index in [4.69, 9.17) is 0 Å². The van der Waals surface area contributed by atoms with E-state index in [0.717, 1.165) is 16.7 Å². The summed E-state index contributed by atoms with van der Waals surface area (Å²) in [6.07, 6.45) is 0. The van der Waals surface area contributed by atoms with Gasteiger partial charge in [-0.3, -0.25) is 10.1 Å². The minimum absolute atomic E-state index is 0.0381. The highest BCUT2D eigenvalue weighted by Crippen LogP contribution is 2.36. The highest BCUT2D eigenvalue weighted by atomic mass is 31.1. The fourth-order valence-electron chi connectivity index (χ4n) is 3.72. The van der Waals surface area contributed by atoms with Gasteiger partial charge in [-0.05, 0) is 22.7 Å². The number of nitrogens with zero attached hydrogens (tertiary/aromatic N) is 4. The predicted molar refractivity (Wildman–Crippen MR) is 132 cm³/mol. The third-order valence-electron chi connectivity index (χ3n) is 5.25. The van der Waals surface area contributed by atoms with Crippen molar-refractivity contribution in [1.82, 2.24) is 15.0 Å². The molecule has 4 aromatic carbocycles. The van der Waals surface area contributed by atoms with Gasteiger partial charge < -0.3 is 0 Å². The maximum Gasteiger partial charge on any atom is 0.269 e. The summed E-state index contributed by atoms with van der Waals surface area (Å²) in [5.74, 6) is 0. The van der Waals surface area contributed by atoms with Gasteiger partial charge in [0.1, 0.15) is 11.1 Å². The third kappa shape index (κ3) is 4.16. The molecule has 1 aromatic heterocycles. The second-order valence-corrected chi connectivity index (χ2v) is 9.45. The second kappa shape index (κ2) is 9.15. The first kappa shape index (κ1) is 20.7. The average molecular weight is 450 g/mol. The van der Waals surface area contributed by atoms with Gasteiger partial charge in [-0.15, -0.1) is 5.10 Å². The summed E-state index contributed by atoms with van der Waals surface area (Å²) < 4.78 is 1.77. The molecule has 0 atom stereocenters. The largest absolute Gasteiger partial charge is 0.269 e. The van der Waals surface area contributed by atoms with E-state index >= 15 is 0 Å². The van der Waals surface area contributed by atoms with E-state index in [0.29, 0.717) is 5.69 Å². The average Bonchev–Trinajstić information content (AvgIpc) is 3.31. The number of benzene rings is 4. The summed E-state index contributed by atoms with van der Waals surface area (Å²) in [5.41, 5.74) is 3.50. The van der Waals surface area contributed by atoms with Gasteiger partial charge in [-0.25, -0.2) is 4.68 Å². The van der Waals surface area contributed by atoms with Gasteiger partial charge in [-0.2, -0.15) is 0 Å². The molecule has 6 nitrogen and oxygen atoms in total. The summed E-state index contributed by atoms with van der Waals surface area (Å²) in [7, 11) is -0.979. The first-order valence-electron chi connectivity index (χ1n) is 10.4. The zero-order valence-electron chi connectivity index (χ0n) is 17.5. The Labute approximate surface area is 192 Å². The molecule has 7 heteroatoms. The molecule has 0 amide bonds. The number of nitro groups is 1. The van der Waals surface area contributed by atoms with Gasteiger partial charge in [0.25, 0.3) is 5.69 Å². The van der Waals surface area contributed by atoms with Crippen LogP contribution in [0.4, 0.5) is 5.69 Å². The van der Waals surface area contributed by atoms with E-state index in [1.165, 1.54) is 22.7 Å². The summed E-state index contributed by atoms with van der Waals surface area (Å²) in [6.45, 7) is 0. The molecule has 0 fully saturated rings. The van der Waals surface area contributed by atoms with Crippen molar-refractivity contribution >= 4 is 29.7 Å². The van der Waals surface area contributed by atoms with Crippen LogP contribution in [0.25, 0.3) is 16.9 Å². The molecular weight excluding hydrogens is 431 g/mol. The second-order valence-electron chi connectivity index (χ2n) is 7.32. The van der Waals surface area contributed by atoms with Crippen molar-refractivity contribution in [2.75, 3.05) is 0 Å². The Hall–Kier alpha value is -4.15. The van der Waals surface area contributed by atoms with Crippen LogP contribution in [-0.4, -0.2) is 19.9 Å². The SMILES string of the molecule is O=[N+]([O-])c1ccc(-n2nnc(P(c3ccccc3)c3ccccc3)c2-c2ccccc2)cc1. The van der Waals surface area contributed by atoms with Crippen molar-refractivity contribution in [3.8, 4) is 16.9 Å². The number of hydrogen-bond donors (Lipinski definition) is 0. The number of rotatable bonds is 6. The molecule has 0 saturated heterocycles. The molecular formula is C26H19N4O2P. The van der Waals surface area contributed by atoms with Crippen LogP contribution in [0.2, 0.25) is 0 Å². The summed E-state index contributed by atoms with van der Waals surface area (Å²) in [5, 5.41) is 22.7. The van der Waals surface area contributed by atoms with Crippen LogP contribution >= 0.6 is 7.92 Å². The summed E-state index contributed by atoms with van der Waals surface area (Å²) in [4.78, 5) is 10.7. The molecule has 5 rings (SSSR count). The van der Waals surface area contributed by atoms with Gasteiger partial charge in [0.05, 0.1) is 10.6 Å². The molecule has 160 valence electrons. The van der Waals surface area contributed by atoms with E-state index in [2.05, 4.69) is 34.6 Å². The summed E-state index contributed by atoms with van der Waals surface area (Å²) in [6, 6.07) is 37.1. The van der Waals surface area contributed by atoms with Crippen molar-refractivity contribution < 1.29 is 4.92 Å². The third-order valence-corrected chi connectivity index (χ3v) is 7.60. The van der Waals surface area contributed by atoms with E-state index in [9.17, 15) is 10.1 Å². The molecule has 5 aromatic rings. The first-order chi connectivity index (χ1) is 16.2. The molecule has 0 N–H and O–H groups in total. The lowest BCUT2D eigenvalue weighted by Crippen LogP contribution is -2.23. The van der Waals surface area contributed by atoms with Crippen molar-refractivity contribution in [3.63, 3.8) is 0 Å². The lowest BCUT2D eigenvalue weighted by atomic mass is 10.1. The topological polar surface area (TPSA) is 73.8 Å². The minimum Gasteiger partial charge on any atom is -0.258 e. The zero-order chi connectivity index (χ0) is 22.6. The Bertz CT molecular complexity index is 1330. The molecule has 0 aliphatic heterocycles. The molecule has 0 bridgehead atoms. The van der Waals surface area contributed by atoms with Crippen molar-refractivity contribution in [3.05, 3.63) is 125 Å². The van der Waals surface area contributed by atoms with Gasteiger partial charge >= 0.3 is 0 Å². The number of nitro benzene ring substituents is 1. The minimum atomic E-state index is -0.979. The lowest BCUT2D eigenvalue weighted by molar-refractivity contribution is -0.384. The number of hydrogen-bond acceptors (Lipinski definition) is 4. The standard InChI is InChI=1S/C26H19N4O2P/c31-30(32)22-18-16-21(17-19-22)29-25(20-10-4-1-5-11-20)26(27-28-29)33(23-12-6-2-7-13-23)24-14-8-3-9-15-24/h1-19H. The maximum atomic E-state index is 11.1. The Kier molecular flexibility index (Phi) is 5.75. The Morgan fingerprint density at radius 3 is 1.73 bits per heavy atom. The smallest absolute Gasteiger partial charge is 0.258 e. The fraction of sp³-hybridized carbons (Fsp3) is 0. The van der Waals surface area contributed by atoms with E-state index < -0.39 is 12.8 Å². The Balaban J connectivity index is 1.74. The van der Waals surface area contributed by atoms with Gasteiger partial charge in [-0.1, -0.05) is 96.2 Å². The molecule has 0 unspecified atom stereocenters. The zero-order valence-corrected chi connectivity index (χ0v) is 18.4. The Morgan fingerprint density at radius 1 is 0.697 bits per heavy atom. The van der Waals surface area contributed by atoms with E-state index in [-0.39, 0.29) is 5.69 Å². The highest BCUT2D eigenvalue weighted by Gasteiger charge is 2.26. The van der Waals surface area contributed by atoms with Crippen LogP contribution in [0.3, 0.4) is 0 Å². The molecule has 33 heavy (non-hydrogen) atoms. The monoisotopic (exact) mass is 450 g/mol. The number of aromatic nitrogens is 3. The van der Waals surface area contributed by atoms with Crippen LogP contribution in [0.1, 0.15) is 0 Å². The fourth-order valence-corrected chi connectivity index (χ4v) is 6.01. The lowest BCUT2D eigenvalue weighted by Gasteiger charge is -2.18. The van der Waals surface area contributed by atoms with Crippen LogP contribution in [-0.2, 0) is 0 Å². The Morgan fingerprint density at radius 2 is 1.21 bits per heavy atom. The van der Waals surface area contributed by atoms with Gasteiger partial charge in [0.15, 0.2) is 0 Å². The highest BCUT2D eigenvalue weighted by molar-refractivity contribution is 7.79.